The second-order valence-corrected chi connectivity index (χ2v) is 0.997. The Bertz CT molecular complexity index is 240. The molecule has 1 rings (SSSR count). The zero-order valence-electron chi connectivity index (χ0n) is 4.90. The monoisotopic (exact) mass is 267 g/mol. The van der Waals surface area contributed by atoms with Gasteiger partial charge in [0.2, 0.25) is 0 Å². The Morgan fingerprint density at radius 2 is 2.10 bits per heavy atom. The van der Waals surface area contributed by atoms with E-state index in [9.17, 15) is 14.7 Å². The van der Waals surface area contributed by atoms with E-state index < -0.39 is 12.0 Å². The van der Waals surface area contributed by atoms with E-state index in [2.05, 4.69) is 13.9 Å². The van der Waals surface area contributed by atoms with Gasteiger partial charge in [-0.1, -0.05) is 0 Å². The van der Waals surface area contributed by atoms with Crippen LogP contribution < -0.4 is 84.7 Å². The van der Waals surface area contributed by atoms with Crippen LogP contribution in [0.3, 0.4) is 0 Å². The van der Waals surface area contributed by atoms with Gasteiger partial charge in [-0.25, -0.2) is 0 Å². The molecule has 0 amide bonds. The van der Waals surface area contributed by atoms with E-state index in [1.54, 1.807) is 0 Å². The van der Waals surface area contributed by atoms with Crippen molar-refractivity contribution in [1.29, 1.82) is 0 Å². The molecule has 0 N–H and O–H groups in total. The van der Waals surface area contributed by atoms with Gasteiger partial charge in [0.05, 0.1) is 5.08 Å². The quantitative estimate of drug-likeness (QED) is 0.504. The predicted octanol–water partition coefficient (Wildman–Crippen LogP) is -5.19. The van der Waals surface area contributed by atoms with Crippen LogP contribution in [0.2, 0.25) is 0 Å². The Labute approximate surface area is 112 Å². The van der Waals surface area contributed by atoms with Gasteiger partial charge in [-0.3, -0.25) is 9.05 Å². The summed E-state index contributed by atoms with van der Waals surface area (Å²) in [6, 6.07) is 0. The molecule has 1 aromatic heterocycles. The average molecular weight is 267 g/mol. The van der Waals surface area contributed by atoms with Gasteiger partial charge in [0.15, 0.2) is 0 Å². The Balaban J connectivity index is 0.000000810. The summed E-state index contributed by atoms with van der Waals surface area (Å²) in [5.74, 6) is -1.03. The second-order valence-electron chi connectivity index (χ2n) is 0.997. The van der Waals surface area contributed by atoms with Crippen LogP contribution in [0.5, 0.6) is 0 Å². The topological polar surface area (TPSA) is 97.6 Å². The molecule has 0 unspecified atom stereocenters. The minimum Gasteiger partial charge on any atom is -0.424 e. The minimum atomic E-state index is -1.87. The number of hydrogen-bond donors (Lipinski definition) is 0. The molecule has 0 aliphatic rings. The maximum Gasteiger partial charge on any atom is 1.00 e. The molecule has 0 saturated heterocycles. The molecule has 1 aromatic rings. The summed E-state index contributed by atoms with van der Waals surface area (Å²) in [6.45, 7) is 0. The molecule has 0 aromatic carbocycles. The van der Waals surface area contributed by atoms with E-state index in [0.29, 0.717) is 0 Å². The first-order chi connectivity index (χ1) is 4.18. The van der Waals surface area contributed by atoms with Crippen molar-refractivity contribution in [3.63, 3.8) is 0 Å². The first-order valence-corrected chi connectivity index (χ1v) is 1.77. The van der Waals surface area contributed by atoms with E-state index >= 15 is 0 Å². The van der Waals surface area contributed by atoms with Crippen LogP contribution in [0.25, 0.3) is 0 Å². The van der Waals surface area contributed by atoms with Crippen molar-refractivity contribution in [2.75, 3.05) is 0 Å². The molecular weight excluding hydrogens is 267 g/mol. The molecule has 0 aliphatic carbocycles. The van der Waals surface area contributed by atoms with Crippen molar-refractivity contribution in [3.05, 3.63) is 10.6 Å². The van der Waals surface area contributed by atoms with Crippen molar-refractivity contribution >= 4 is 6.16 Å². The van der Waals surface area contributed by atoms with Crippen LogP contribution >= 0.6 is 0 Å². The van der Waals surface area contributed by atoms with Crippen molar-refractivity contribution in [2.45, 2.75) is 0 Å². The minimum absolute atomic E-state index is 0. The second kappa shape index (κ2) is 4.31. The Morgan fingerprint density at radius 1 is 1.60 bits per heavy atom. The maximum atomic E-state index is 9.71. The Morgan fingerprint density at radius 3 is 2.40 bits per heavy atom. The smallest absolute Gasteiger partial charge is 0.424 e. The molecule has 0 saturated carbocycles. The maximum absolute atomic E-state index is 9.71. The van der Waals surface area contributed by atoms with E-state index in [1.807, 2.05) is 0 Å². The third-order valence-electron chi connectivity index (χ3n) is 0.447. The number of rotatable bonds is 1. The first kappa shape index (κ1) is 10.4. The summed E-state index contributed by atoms with van der Waals surface area (Å²) in [6.07, 6.45) is -1.87. The standard InChI is InChI=1S/C2HNO6.Cs/c4-1(5)7-3-8-2(6)9-3;/h(H,4,5);/q;+1/p-1. The molecule has 10 heavy (non-hydrogen) atoms. The Kier molecular flexibility index (Phi) is 4.48. The number of nitrogens with zero attached hydrogens (tertiary/aromatic N) is 1. The third-order valence-corrected chi connectivity index (χ3v) is 0.447. The summed E-state index contributed by atoms with van der Waals surface area (Å²) in [5, 5.41) is 9.47. The largest absolute Gasteiger partial charge is 1.00 e. The SMILES string of the molecule is O=C([O-])On1oc(=O)o1.[Cs+]. The van der Waals surface area contributed by atoms with Gasteiger partial charge in [0, 0.05) is 0 Å². The van der Waals surface area contributed by atoms with E-state index in [0.717, 1.165) is 0 Å². The van der Waals surface area contributed by atoms with Gasteiger partial charge < -0.3 is 14.7 Å². The van der Waals surface area contributed by atoms with Crippen LogP contribution in [0.4, 0.5) is 4.79 Å². The zero-order valence-corrected chi connectivity index (χ0v) is 11.2. The number of carboxylic acid groups (broad SMARTS) is 1. The zero-order chi connectivity index (χ0) is 6.85. The van der Waals surface area contributed by atoms with Gasteiger partial charge in [0.25, 0.3) is 6.16 Å². The normalized spacial score (nSPS) is 8.40. The summed E-state index contributed by atoms with van der Waals surface area (Å²) in [7, 11) is 0. The van der Waals surface area contributed by atoms with Crippen LogP contribution in [0.15, 0.2) is 13.8 Å². The van der Waals surface area contributed by atoms with Gasteiger partial charge in [-0.15, -0.1) is 0 Å². The fourth-order valence-corrected chi connectivity index (χ4v) is 0.227. The van der Waals surface area contributed by atoms with Gasteiger partial charge in [-0.2, -0.15) is 4.79 Å². The molecule has 1 heterocycles. The summed E-state index contributed by atoms with van der Waals surface area (Å²) in [5.41, 5.74) is 0. The number of carbonyl (C=O) groups excluding carboxylic acids is 1. The third kappa shape index (κ3) is 2.99. The van der Waals surface area contributed by atoms with Crippen molar-refractivity contribution in [1.82, 2.24) is 5.08 Å². The number of carbonyl (C=O) groups is 1. The first-order valence-electron chi connectivity index (χ1n) is 1.77. The molecule has 50 valence electrons. The molecule has 0 fully saturated rings. The van der Waals surface area contributed by atoms with Crippen LogP contribution in [-0.2, 0) is 0 Å². The van der Waals surface area contributed by atoms with Gasteiger partial charge >= 0.3 is 74.7 Å². The van der Waals surface area contributed by atoms with Crippen LogP contribution in [0, 0.1) is 0 Å². The average Bonchev–Trinajstić information content (AvgIpc) is 1.60. The van der Waals surface area contributed by atoms with E-state index in [-0.39, 0.29) is 74.0 Å². The molecule has 0 bridgehead atoms. The summed E-state index contributed by atoms with van der Waals surface area (Å²) >= 11 is 0. The molecule has 7 nitrogen and oxygen atoms in total. The van der Waals surface area contributed by atoms with Gasteiger partial charge in [-0.05, 0) is 0 Å². The van der Waals surface area contributed by atoms with Crippen molar-refractivity contribution < 1.29 is 92.7 Å². The van der Waals surface area contributed by atoms with Gasteiger partial charge in [0.1, 0.15) is 0 Å². The molecule has 0 aliphatic heterocycles. The van der Waals surface area contributed by atoms with Crippen molar-refractivity contribution in [2.24, 2.45) is 0 Å². The predicted molar refractivity (Wildman–Crippen MR) is 17.2 cm³/mol. The summed E-state index contributed by atoms with van der Waals surface area (Å²) < 4.78 is 7.56. The van der Waals surface area contributed by atoms with E-state index in [1.165, 1.54) is 0 Å². The number of hydrogen-bond acceptors (Lipinski definition) is 6. The summed E-state index contributed by atoms with van der Waals surface area (Å²) in [4.78, 5) is 22.7. The fraction of sp³-hybridized carbons (Fsp3) is 0. The molecule has 0 radical (unpaired) electrons. The Hall–Kier alpha value is 0.392. The number of aromatic nitrogens is 1. The van der Waals surface area contributed by atoms with Crippen molar-refractivity contribution in [3.8, 4) is 0 Å². The van der Waals surface area contributed by atoms with E-state index in [4.69, 9.17) is 0 Å². The van der Waals surface area contributed by atoms with Crippen LogP contribution in [0.1, 0.15) is 0 Å². The fourth-order valence-electron chi connectivity index (χ4n) is 0.227. The molecular formula is C2CsNO6. The molecule has 8 heteroatoms. The molecule has 0 atom stereocenters. The van der Waals surface area contributed by atoms with Crippen LogP contribution in [-0.4, -0.2) is 11.2 Å². The molecule has 0 spiro atoms.